The summed E-state index contributed by atoms with van der Waals surface area (Å²) in [6.45, 7) is -0.825. The minimum atomic E-state index is -5.68. The summed E-state index contributed by atoms with van der Waals surface area (Å²) >= 11 is 0. The summed E-state index contributed by atoms with van der Waals surface area (Å²) in [6, 6.07) is -1.50. The molecule has 7 N–H and O–H groups in total. The highest BCUT2D eigenvalue weighted by Crippen LogP contribution is 2.60. The molecule has 2 aliphatic rings. The Morgan fingerprint density at radius 3 is 2.27 bits per heavy atom. The number of phosphoric acid groups is 2. The Morgan fingerprint density at radius 1 is 1.19 bits per heavy atom. The summed E-state index contributed by atoms with van der Waals surface area (Å²) in [4.78, 5) is 50.4. The highest BCUT2D eigenvalue weighted by molar-refractivity contribution is 7.60. The molecule has 2 aliphatic heterocycles. The molecule has 1 saturated heterocycles. The lowest BCUT2D eigenvalue weighted by molar-refractivity contribution is -1.01. The van der Waals surface area contributed by atoms with Crippen molar-refractivity contribution in [1.29, 1.82) is 0 Å². The highest BCUT2D eigenvalue weighted by atomic mass is 31.3. The number of amides is 3. The van der Waals surface area contributed by atoms with Crippen LogP contribution < -0.4 is 5.32 Å². The van der Waals surface area contributed by atoms with E-state index in [-0.39, 0.29) is 0 Å². The fraction of sp³-hybridized carbons (Fsp3) is 0.556. The number of ether oxygens (including phenoxy) is 1. The van der Waals surface area contributed by atoms with Gasteiger partial charge in [0.1, 0.15) is 18.4 Å². The maximum absolute atomic E-state index is 12.3. The van der Waals surface area contributed by atoms with Gasteiger partial charge in [0, 0.05) is 0 Å². The van der Waals surface area contributed by atoms with E-state index in [0.29, 0.717) is 12.3 Å². The van der Waals surface area contributed by atoms with E-state index in [1.165, 1.54) is 0 Å². The molecule has 0 aromatic rings. The van der Waals surface area contributed by atoms with E-state index >= 15 is 0 Å². The van der Waals surface area contributed by atoms with Crippen molar-refractivity contribution in [3.05, 3.63) is 12.3 Å². The van der Waals surface area contributed by atoms with Gasteiger partial charge in [-0.25, -0.2) is 19.2 Å². The molecule has 0 aromatic carbocycles. The summed E-state index contributed by atoms with van der Waals surface area (Å²) in [5, 5.41) is 30.6. The predicted molar refractivity (Wildman–Crippen MR) is 74.7 cm³/mol. The molecule has 0 saturated carbocycles. The minimum absolute atomic E-state index is 0.535. The normalized spacial score (nSPS) is 37.5. The van der Waals surface area contributed by atoms with E-state index in [1.54, 1.807) is 5.32 Å². The van der Waals surface area contributed by atoms with E-state index in [0.717, 1.165) is 0 Å². The Bertz CT molecular complexity index is 720. The molecule has 148 valence electrons. The third-order valence-corrected chi connectivity index (χ3v) is 5.49. The van der Waals surface area contributed by atoms with Crippen molar-refractivity contribution in [2.24, 2.45) is 0 Å². The first-order chi connectivity index (χ1) is 11.8. The van der Waals surface area contributed by atoms with Gasteiger partial charge >= 0.3 is 21.7 Å². The molecule has 2 heterocycles. The van der Waals surface area contributed by atoms with Crippen LogP contribution in [0.1, 0.15) is 0 Å². The first-order valence-corrected chi connectivity index (χ1v) is 9.70. The number of hydrogen-bond donors (Lipinski definition) is 7. The first-order valence-electron chi connectivity index (χ1n) is 6.68. The zero-order chi connectivity index (χ0) is 19.9. The Labute approximate surface area is 144 Å². The minimum Gasteiger partial charge on any atom is -0.394 e. The van der Waals surface area contributed by atoms with Gasteiger partial charge in [-0.2, -0.15) is 4.31 Å². The lowest BCUT2D eigenvalue weighted by Crippen LogP contribution is -2.64. The summed E-state index contributed by atoms with van der Waals surface area (Å²) in [5.41, 5.74) is 0. The molecule has 26 heavy (non-hydrogen) atoms. The number of quaternary nitrogens is 1. The first kappa shape index (κ1) is 21.2. The number of carbonyl (C=O) groups is 2. The SMILES string of the molecule is O=C1C=C[N+](OP(=O)(O)OP(=O)(O)O)([C@@H]2O[C@H](CO)[C@@H](O)[C@H]2O)C(=O)N1. The Morgan fingerprint density at radius 2 is 1.81 bits per heavy atom. The van der Waals surface area contributed by atoms with Crippen molar-refractivity contribution in [3.63, 3.8) is 0 Å². The standard InChI is InChI=1S/C9H14N2O13P2/c12-3-4-6(14)7(15)8(22-4)11(2-1-5(13)10-9(11)16)23-26(20,21)24-25(17,18)19/h1-2,4,6-8,12,14-15H,3H2,(H3-,10,13,16,17,18,19,20,21)/p+1/t4-,6-,7-,8-,11?/m1/s1. The van der Waals surface area contributed by atoms with Gasteiger partial charge in [0.2, 0.25) is 0 Å². The van der Waals surface area contributed by atoms with E-state index in [1.807, 2.05) is 0 Å². The largest absolute Gasteiger partial charge is 0.528 e. The van der Waals surface area contributed by atoms with Crippen LogP contribution in [0.5, 0.6) is 0 Å². The maximum Gasteiger partial charge on any atom is 0.528 e. The summed E-state index contributed by atoms with van der Waals surface area (Å²) in [5.74, 6) is -0.984. The fourth-order valence-electron chi connectivity index (χ4n) is 2.31. The number of nitrogens with one attached hydrogen (secondary N) is 1. The average molecular weight is 421 g/mol. The molecule has 0 spiro atoms. The van der Waals surface area contributed by atoms with Crippen LogP contribution in [0.4, 0.5) is 4.79 Å². The van der Waals surface area contributed by atoms with E-state index in [2.05, 4.69) is 8.94 Å². The number of aliphatic hydroxyl groups is 3. The van der Waals surface area contributed by atoms with Crippen LogP contribution in [0.3, 0.4) is 0 Å². The van der Waals surface area contributed by atoms with Gasteiger partial charge in [0.25, 0.3) is 12.1 Å². The lowest BCUT2D eigenvalue weighted by atomic mass is 10.1. The van der Waals surface area contributed by atoms with Gasteiger partial charge in [-0.05, 0) is 4.65 Å². The van der Waals surface area contributed by atoms with Crippen LogP contribution >= 0.6 is 15.6 Å². The van der Waals surface area contributed by atoms with Crippen molar-refractivity contribution in [3.8, 4) is 0 Å². The van der Waals surface area contributed by atoms with Gasteiger partial charge in [-0.1, -0.05) is 4.62 Å². The van der Waals surface area contributed by atoms with Crippen molar-refractivity contribution in [1.82, 2.24) is 5.32 Å². The van der Waals surface area contributed by atoms with Crippen LogP contribution in [0, 0.1) is 0 Å². The third kappa shape index (κ3) is 4.26. The molecule has 1 fully saturated rings. The number of urea groups is 1. The van der Waals surface area contributed by atoms with Crippen LogP contribution in [-0.4, -0.2) is 77.7 Å². The molecular weight excluding hydrogens is 406 g/mol. The molecule has 17 heteroatoms. The average Bonchev–Trinajstić information content (AvgIpc) is 2.76. The van der Waals surface area contributed by atoms with Gasteiger partial charge in [-0.15, -0.1) is 0 Å². The monoisotopic (exact) mass is 421 g/mol. The molecule has 6 atom stereocenters. The Hall–Kier alpha value is -1.06. The molecule has 0 radical (unpaired) electrons. The number of rotatable bonds is 6. The zero-order valence-electron chi connectivity index (χ0n) is 12.6. The van der Waals surface area contributed by atoms with Crippen LogP contribution in [0.25, 0.3) is 0 Å². The summed E-state index contributed by atoms with van der Waals surface area (Å²) < 4.78 is 33.9. The number of carbonyl (C=O) groups excluding carboxylic acids is 2. The number of nitrogens with zero attached hydrogens (tertiary/aromatic N) is 1. The van der Waals surface area contributed by atoms with Crippen molar-refractivity contribution in [2.75, 3.05) is 6.61 Å². The molecular formula is C9H15N2O13P2+. The summed E-state index contributed by atoms with van der Waals surface area (Å²) in [6.07, 6.45) is -6.02. The second-order valence-electron chi connectivity index (χ2n) is 5.17. The van der Waals surface area contributed by atoms with Crippen LogP contribution in [0.15, 0.2) is 12.3 Å². The van der Waals surface area contributed by atoms with Crippen LogP contribution in [0.2, 0.25) is 0 Å². The number of aliphatic hydroxyl groups excluding tert-OH is 3. The molecule has 2 rings (SSSR count). The topological polar surface area (TPSA) is 229 Å². The maximum atomic E-state index is 12.3. The molecule has 0 aliphatic carbocycles. The quantitative estimate of drug-likeness (QED) is 0.169. The molecule has 2 unspecified atom stereocenters. The van der Waals surface area contributed by atoms with Crippen LogP contribution in [-0.2, 0) is 27.6 Å². The van der Waals surface area contributed by atoms with Gasteiger partial charge < -0.3 is 29.8 Å². The van der Waals surface area contributed by atoms with Gasteiger partial charge in [0.05, 0.1) is 12.7 Å². The zero-order valence-corrected chi connectivity index (χ0v) is 14.3. The Balaban J connectivity index is 2.47. The fourth-order valence-corrected chi connectivity index (χ4v) is 4.07. The number of hydroxylamine groups is 3. The summed E-state index contributed by atoms with van der Waals surface area (Å²) in [7, 11) is -11.2. The third-order valence-electron chi connectivity index (χ3n) is 3.34. The number of imide groups is 1. The smallest absolute Gasteiger partial charge is 0.394 e. The van der Waals surface area contributed by atoms with Crippen molar-refractivity contribution >= 4 is 27.6 Å². The second kappa shape index (κ2) is 7.16. The lowest BCUT2D eigenvalue weighted by Gasteiger charge is -2.35. The van der Waals surface area contributed by atoms with Crippen molar-refractivity contribution in [2.45, 2.75) is 24.5 Å². The highest BCUT2D eigenvalue weighted by Gasteiger charge is 2.63. The van der Waals surface area contributed by atoms with Gasteiger partial charge in [0.15, 0.2) is 6.10 Å². The van der Waals surface area contributed by atoms with E-state index in [4.69, 9.17) is 19.6 Å². The second-order valence-corrected chi connectivity index (χ2v) is 7.91. The molecule has 0 bridgehead atoms. The number of hydrogen-bond acceptors (Lipinski definition) is 10. The Kier molecular flexibility index (Phi) is 5.85. The van der Waals surface area contributed by atoms with E-state index < -0.39 is 63.4 Å². The predicted octanol–water partition coefficient (Wildman–Crippen LogP) is -2.85. The van der Waals surface area contributed by atoms with Crippen molar-refractivity contribution < 1.29 is 67.0 Å². The van der Waals surface area contributed by atoms with E-state index in [9.17, 15) is 33.8 Å². The molecule has 0 aromatic heterocycles. The molecule has 3 amide bonds. The molecule has 15 nitrogen and oxygen atoms in total. The van der Waals surface area contributed by atoms with Gasteiger partial charge in [-0.3, -0.25) is 9.69 Å².